The van der Waals surface area contributed by atoms with E-state index in [9.17, 15) is 0 Å². The molecule has 0 aliphatic heterocycles. The molecule has 0 aliphatic rings. The van der Waals surface area contributed by atoms with Crippen LogP contribution in [0.3, 0.4) is 0 Å². The highest BCUT2D eigenvalue weighted by molar-refractivity contribution is 7.09. The molecule has 0 saturated heterocycles. The van der Waals surface area contributed by atoms with Crippen LogP contribution in [-0.2, 0) is 12.8 Å². The third-order valence-electron chi connectivity index (χ3n) is 3.18. The normalized spacial score (nSPS) is 10.8. The van der Waals surface area contributed by atoms with Crippen molar-refractivity contribution in [2.45, 2.75) is 47.0 Å². The van der Waals surface area contributed by atoms with Crippen LogP contribution < -0.4 is 5.32 Å². The van der Waals surface area contributed by atoms with Crippen molar-refractivity contribution in [3.63, 3.8) is 0 Å². The summed E-state index contributed by atoms with van der Waals surface area (Å²) in [4.78, 5) is 13.8. The second-order valence-corrected chi connectivity index (χ2v) is 5.94. The molecule has 0 aromatic carbocycles. The van der Waals surface area contributed by atoms with Gasteiger partial charge in [0.2, 0.25) is 0 Å². The van der Waals surface area contributed by atoms with Gasteiger partial charge in [-0.3, -0.25) is 0 Å². The molecule has 5 heteroatoms. The Morgan fingerprint density at radius 3 is 2.55 bits per heavy atom. The summed E-state index contributed by atoms with van der Waals surface area (Å²) in [5, 5.41) is 6.58. The van der Waals surface area contributed by atoms with E-state index in [-0.39, 0.29) is 0 Å². The largest absolute Gasteiger partial charge is 0.370 e. The number of nitrogens with one attached hydrogen (secondary N) is 1. The smallest absolute Gasteiger partial charge is 0.137 e. The molecule has 0 radical (unpaired) electrons. The molecule has 108 valence electrons. The van der Waals surface area contributed by atoms with Crippen molar-refractivity contribution >= 4 is 17.2 Å². The number of rotatable bonds is 6. The Morgan fingerprint density at radius 2 is 1.95 bits per heavy atom. The van der Waals surface area contributed by atoms with Crippen LogP contribution in [0.25, 0.3) is 0 Å². The van der Waals surface area contributed by atoms with E-state index in [0.29, 0.717) is 6.42 Å². The van der Waals surface area contributed by atoms with Gasteiger partial charge in [-0.2, -0.15) is 0 Å². The molecule has 0 amide bonds. The topological polar surface area (TPSA) is 50.7 Å². The minimum atomic E-state index is 0.707. The van der Waals surface area contributed by atoms with Gasteiger partial charge in [0.05, 0.1) is 17.1 Å². The minimum Gasteiger partial charge on any atom is -0.370 e. The van der Waals surface area contributed by atoms with Crippen molar-refractivity contribution in [2.24, 2.45) is 0 Å². The van der Waals surface area contributed by atoms with E-state index >= 15 is 0 Å². The van der Waals surface area contributed by atoms with Crippen LogP contribution in [0.1, 0.15) is 48.1 Å². The van der Waals surface area contributed by atoms with Crippen LogP contribution in [-0.4, -0.2) is 21.5 Å². The number of hydrogen-bond acceptors (Lipinski definition) is 5. The zero-order chi connectivity index (χ0) is 14.5. The minimum absolute atomic E-state index is 0.707. The van der Waals surface area contributed by atoms with Crippen molar-refractivity contribution in [1.82, 2.24) is 15.0 Å². The van der Waals surface area contributed by atoms with Crippen LogP contribution in [0.2, 0.25) is 0 Å². The fourth-order valence-corrected chi connectivity index (χ4v) is 2.72. The predicted molar refractivity (Wildman–Crippen MR) is 84.6 cm³/mol. The van der Waals surface area contributed by atoms with Crippen molar-refractivity contribution in [3.05, 3.63) is 33.2 Å². The highest BCUT2D eigenvalue weighted by Crippen LogP contribution is 2.18. The molecule has 2 rings (SSSR count). The van der Waals surface area contributed by atoms with E-state index in [1.54, 1.807) is 11.3 Å². The molecule has 4 nitrogen and oxygen atoms in total. The predicted octanol–water partition coefficient (Wildman–Crippen LogP) is 3.53. The SMILES string of the molecule is CCCNc1nc(Cc2csc(C)n2)nc(CC)c1C. The number of aryl methyl sites for hydroxylation is 2. The summed E-state index contributed by atoms with van der Waals surface area (Å²) in [6.45, 7) is 9.35. The van der Waals surface area contributed by atoms with Gasteiger partial charge in [-0.25, -0.2) is 15.0 Å². The van der Waals surface area contributed by atoms with E-state index in [1.165, 1.54) is 5.56 Å². The molecular weight excluding hydrogens is 268 g/mol. The second-order valence-electron chi connectivity index (χ2n) is 4.88. The maximum absolute atomic E-state index is 4.68. The van der Waals surface area contributed by atoms with E-state index in [4.69, 9.17) is 0 Å². The fraction of sp³-hybridized carbons (Fsp3) is 0.533. The summed E-state index contributed by atoms with van der Waals surface area (Å²) < 4.78 is 0. The lowest BCUT2D eigenvalue weighted by Gasteiger charge is -2.12. The van der Waals surface area contributed by atoms with Crippen molar-refractivity contribution in [1.29, 1.82) is 0 Å². The number of thiazole rings is 1. The third-order valence-corrected chi connectivity index (χ3v) is 4.00. The Labute approximate surface area is 124 Å². The first kappa shape index (κ1) is 14.9. The van der Waals surface area contributed by atoms with Gasteiger partial charge in [-0.05, 0) is 26.7 Å². The van der Waals surface area contributed by atoms with Crippen molar-refractivity contribution in [3.8, 4) is 0 Å². The summed E-state index contributed by atoms with van der Waals surface area (Å²) in [5.41, 5.74) is 3.35. The summed E-state index contributed by atoms with van der Waals surface area (Å²) in [7, 11) is 0. The van der Waals surface area contributed by atoms with Gasteiger partial charge in [0.15, 0.2) is 0 Å². The summed E-state index contributed by atoms with van der Waals surface area (Å²) >= 11 is 1.67. The number of anilines is 1. The van der Waals surface area contributed by atoms with Gasteiger partial charge in [0.1, 0.15) is 11.6 Å². The lowest BCUT2D eigenvalue weighted by molar-refractivity contribution is 0.867. The van der Waals surface area contributed by atoms with E-state index in [1.807, 2.05) is 6.92 Å². The molecule has 0 unspecified atom stereocenters. The average Bonchev–Trinajstić information content (AvgIpc) is 2.84. The van der Waals surface area contributed by atoms with Gasteiger partial charge in [-0.15, -0.1) is 11.3 Å². The summed E-state index contributed by atoms with van der Waals surface area (Å²) in [6, 6.07) is 0. The van der Waals surface area contributed by atoms with E-state index in [2.05, 4.69) is 46.4 Å². The third kappa shape index (κ3) is 3.54. The van der Waals surface area contributed by atoms with Crippen molar-refractivity contribution in [2.75, 3.05) is 11.9 Å². The van der Waals surface area contributed by atoms with Gasteiger partial charge in [0, 0.05) is 23.2 Å². The first-order valence-electron chi connectivity index (χ1n) is 7.15. The van der Waals surface area contributed by atoms with Crippen LogP contribution in [0.4, 0.5) is 5.82 Å². The average molecular weight is 290 g/mol. The molecule has 0 spiro atoms. The molecule has 20 heavy (non-hydrogen) atoms. The van der Waals surface area contributed by atoms with Crippen molar-refractivity contribution < 1.29 is 0 Å². The van der Waals surface area contributed by atoms with Crippen LogP contribution in [0.15, 0.2) is 5.38 Å². The standard InChI is InChI=1S/C15H22N4S/c1-5-7-16-15-10(3)13(6-2)18-14(19-15)8-12-9-20-11(4)17-12/h9H,5-8H2,1-4H3,(H,16,18,19). The van der Waals surface area contributed by atoms with Crippen LogP contribution in [0.5, 0.6) is 0 Å². The maximum atomic E-state index is 4.68. The molecule has 0 bridgehead atoms. The van der Waals surface area contributed by atoms with E-state index in [0.717, 1.165) is 47.4 Å². The highest BCUT2D eigenvalue weighted by atomic mass is 32.1. The Hall–Kier alpha value is -1.49. The Balaban J connectivity index is 2.27. The van der Waals surface area contributed by atoms with Gasteiger partial charge >= 0.3 is 0 Å². The molecule has 0 atom stereocenters. The lowest BCUT2D eigenvalue weighted by Crippen LogP contribution is -2.10. The molecular formula is C15H22N4S. The van der Waals surface area contributed by atoms with Crippen LogP contribution in [0, 0.1) is 13.8 Å². The summed E-state index contributed by atoms with van der Waals surface area (Å²) in [5.74, 6) is 1.83. The molecule has 1 N–H and O–H groups in total. The highest BCUT2D eigenvalue weighted by Gasteiger charge is 2.11. The fourth-order valence-electron chi connectivity index (χ4n) is 2.10. The zero-order valence-electron chi connectivity index (χ0n) is 12.7. The van der Waals surface area contributed by atoms with E-state index < -0.39 is 0 Å². The maximum Gasteiger partial charge on any atom is 0.137 e. The molecule has 0 aliphatic carbocycles. The Morgan fingerprint density at radius 1 is 1.15 bits per heavy atom. The Bertz CT molecular complexity index is 577. The van der Waals surface area contributed by atoms with Gasteiger partial charge in [-0.1, -0.05) is 13.8 Å². The monoisotopic (exact) mass is 290 g/mol. The Kier molecular flexibility index (Phi) is 5.06. The number of hydrogen-bond donors (Lipinski definition) is 1. The molecule has 0 fully saturated rings. The molecule has 2 aromatic rings. The first-order valence-corrected chi connectivity index (χ1v) is 8.03. The summed E-state index contributed by atoms with van der Waals surface area (Å²) in [6.07, 6.45) is 2.72. The molecule has 0 saturated carbocycles. The molecule has 2 aromatic heterocycles. The molecule has 2 heterocycles. The zero-order valence-corrected chi connectivity index (χ0v) is 13.5. The van der Waals surface area contributed by atoms with Gasteiger partial charge < -0.3 is 5.32 Å². The van der Waals surface area contributed by atoms with Crippen LogP contribution >= 0.6 is 11.3 Å². The second kappa shape index (κ2) is 6.79. The first-order chi connectivity index (χ1) is 9.63. The number of aromatic nitrogens is 3. The van der Waals surface area contributed by atoms with Gasteiger partial charge in [0.25, 0.3) is 0 Å². The lowest BCUT2D eigenvalue weighted by atomic mass is 10.1. The number of nitrogens with zero attached hydrogens (tertiary/aromatic N) is 3. The quantitative estimate of drug-likeness (QED) is 0.884.